The van der Waals surface area contributed by atoms with Gasteiger partial charge in [0, 0.05) is 23.2 Å². The molecule has 0 radical (unpaired) electrons. The van der Waals surface area contributed by atoms with Crippen molar-refractivity contribution < 1.29 is 4.39 Å². The molecule has 0 amide bonds. The third kappa shape index (κ3) is 1.93. The number of aromatic amines is 1. The number of imidazole rings is 1. The lowest BCUT2D eigenvalue weighted by Gasteiger charge is -2.30. The molecule has 18 heavy (non-hydrogen) atoms. The molecule has 1 aliphatic carbocycles. The van der Waals surface area contributed by atoms with Crippen molar-refractivity contribution in [2.24, 2.45) is 5.73 Å². The van der Waals surface area contributed by atoms with Crippen LogP contribution < -0.4 is 5.73 Å². The maximum Gasteiger partial charge on any atom is 0.123 e. The van der Waals surface area contributed by atoms with Crippen LogP contribution in [-0.2, 0) is 0 Å². The number of hydrogen-bond donors (Lipinski definition) is 2. The molecule has 4 heteroatoms. The predicted molar refractivity (Wildman–Crippen MR) is 68.7 cm³/mol. The Morgan fingerprint density at radius 1 is 1.28 bits per heavy atom. The van der Waals surface area contributed by atoms with Gasteiger partial charge < -0.3 is 10.7 Å². The summed E-state index contributed by atoms with van der Waals surface area (Å²) in [5, 5.41) is 0. The van der Waals surface area contributed by atoms with Crippen LogP contribution in [-0.4, -0.2) is 16.0 Å². The van der Waals surface area contributed by atoms with Gasteiger partial charge in [-0.2, -0.15) is 0 Å². The fourth-order valence-corrected chi connectivity index (χ4v) is 2.45. The van der Waals surface area contributed by atoms with E-state index in [1.165, 1.54) is 12.1 Å². The quantitative estimate of drug-likeness (QED) is 0.854. The molecule has 0 unspecified atom stereocenters. The number of benzene rings is 1. The average molecular weight is 245 g/mol. The SMILES string of the molecule is Cc1[nH]c(C2CC(N)C2)nc1-c1ccc(F)cc1. The van der Waals surface area contributed by atoms with Crippen molar-refractivity contribution in [2.75, 3.05) is 0 Å². The number of nitrogens with zero attached hydrogens (tertiary/aromatic N) is 1. The molecule has 0 saturated heterocycles. The second kappa shape index (κ2) is 4.21. The number of rotatable bonds is 2. The average Bonchev–Trinajstić information content (AvgIpc) is 2.68. The highest BCUT2D eigenvalue weighted by atomic mass is 19.1. The molecule has 0 bridgehead atoms. The smallest absolute Gasteiger partial charge is 0.123 e. The fraction of sp³-hybridized carbons (Fsp3) is 0.357. The van der Waals surface area contributed by atoms with E-state index in [0.717, 1.165) is 35.6 Å². The third-order valence-electron chi connectivity index (χ3n) is 3.58. The van der Waals surface area contributed by atoms with Gasteiger partial charge in [0.1, 0.15) is 11.6 Å². The first-order valence-electron chi connectivity index (χ1n) is 6.21. The molecule has 3 N–H and O–H groups in total. The van der Waals surface area contributed by atoms with Gasteiger partial charge in [-0.15, -0.1) is 0 Å². The monoisotopic (exact) mass is 245 g/mol. The van der Waals surface area contributed by atoms with Crippen LogP contribution in [0.4, 0.5) is 4.39 Å². The van der Waals surface area contributed by atoms with Crippen molar-refractivity contribution in [3.8, 4) is 11.3 Å². The molecule has 0 atom stereocenters. The molecule has 3 nitrogen and oxygen atoms in total. The Kier molecular flexibility index (Phi) is 2.67. The van der Waals surface area contributed by atoms with Gasteiger partial charge in [-0.3, -0.25) is 0 Å². The molecule has 1 aromatic carbocycles. The zero-order valence-corrected chi connectivity index (χ0v) is 10.3. The minimum Gasteiger partial charge on any atom is -0.345 e. The van der Waals surface area contributed by atoms with Crippen LogP contribution in [0.5, 0.6) is 0 Å². The predicted octanol–water partition coefficient (Wildman–Crippen LogP) is 2.73. The Labute approximate surface area is 105 Å². The third-order valence-corrected chi connectivity index (χ3v) is 3.58. The maximum atomic E-state index is 12.9. The largest absolute Gasteiger partial charge is 0.345 e. The first-order valence-corrected chi connectivity index (χ1v) is 6.21. The van der Waals surface area contributed by atoms with Crippen LogP contribution in [0, 0.1) is 12.7 Å². The number of aromatic nitrogens is 2. The van der Waals surface area contributed by atoms with E-state index in [-0.39, 0.29) is 5.82 Å². The zero-order chi connectivity index (χ0) is 12.7. The van der Waals surface area contributed by atoms with Crippen LogP contribution in [0.3, 0.4) is 0 Å². The Balaban J connectivity index is 1.90. The summed E-state index contributed by atoms with van der Waals surface area (Å²) >= 11 is 0. The highest BCUT2D eigenvalue weighted by Gasteiger charge is 2.30. The summed E-state index contributed by atoms with van der Waals surface area (Å²) in [6, 6.07) is 6.75. The zero-order valence-electron chi connectivity index (χ0n) is 10.3. The van der Waals surface area contributed by atoms with Crippen LogP contribution in [0.2, 0.25) is 0 Å². The lowest BCUT2D eigenvalue weighted by atomic mass is 9.80. The van der Waals surface area contributed by atoms with Crippen LogP contribution in [0.15, 0.2) is 24.3 Å². The Morgan fingerprint density at radius 2 is 1.94 bits per heavy atom. The molecule has 1 heterocycles. The van der Waals surface area contributed by atoms with E-state index in [1.807, 2.05) is 6.92 Å². The molecule has 1 fully saturated rings. The molecule has 1 aromatic heterocycles. The van der Waals surface area contributed by atoms with Gasteiger partial charge in [-0.05, 0) is 44.0 Å². The molecular weight excluding hydrogens is 229 g/mol. The molecule has 1 aliphatic rings. The number of hydrogen-bond acceptors (Lipinski definition) is 2. The normalized spacial score (nSPS) is 22.8. The number of H-pyrrole nitrogens is 1. The summed E-state index contributed by atoms with van der Waals surface area (Å²) in [4.78, 5) is 7.95. The van der Waals surface area contributed by atoms with Gasteiger partial charge >= 0.3 is 0 Å². The lowest BCUT2D eigenvalue weighted by molar-refractivity contribution is 0.340. The molecule has 2 aromatic rings. The fourth-order valence-electron chi connectivity index (χ4n) is 2.45. The minimum absolute atomic E-state index is 0.225. The topological polar surface area (TPSA) is 54.7 Å². The lowest BCUT2D eigenvalue weighted by Crippen LogP contribution is -2.35. The number of nitrogens with one attached hydrogen (secondary N) is 1. The first-order chi connectivity index (χ1) is 8.63. The molecule has 3 rings (SSSR count). The van der Waals surface area contributed by atoms with Crippen molar-refractivity contribution in [1.82, 2.24) is 9.97 Å². The van der Waals surface area contributed by atoms with Crippen LogP contribution in [0.25, 0.3) is 11.3 Å². The standard InChI is InChI=1S/C14H16FN3/c1-8-13(9-2-4-11(15)5-3-9)18-14(17-8)10-6-12(16)7-10/h2-5,10,12H,6-7,16H2,1H3,(H,17,18). The van der Waals surface area contributed by atoms with E-state index >= 15 is 0 Å². The van der Waals surface area contributed by atoms with Gasteiger partial charge in [0.05, 0.1) is 5.69 Å². The van der Waals surface area contributed by atoms with Crippen molar-refractivity contribution in [3.05, 3.63) is 41.6 Å². The number of nitrogens with two attached hydrogens (primary N) is 1. The molecular formula is C14H16FN3. The number of aryl methyl sites for hydroxylation is 1. The second-order valence-electron chi connectivity index (χ2n) is 5.03. The summed E-state index contributed by atoms with van der Waals surface area (Å²) in [7, 11) is 0. The summed E-state index contributed by atoms with van der Waals surface area (Å²) in [6.45, 7) is 1.99. The Bertz CT molecular complexity index is 553. The van der Waals surface area contributed by atoms with Crippen LogP contribution >= 0.6 is 0 Å². The van der Waals surface area contributed by atoms with Gasteiger partial charge in [0.15, 0.2) is 0 Å². The van der Waals surface area contributed by atoms with Crippen molar-refractivity contribution in [1.29, 1.82) is 0 Å². The molecule has 0 aliphatic heterocycles. The Morgan fingerprint density at radius 3 is 2.56 bits per heavy atom. The highest BCUT2D eigenvalue weighted by molar-refractivity contribution is 5.61. The van der Waals surface area contributed by atoms with E-state index in [4.69, 9.17) is 5.73 Å². The highest BCUT2D eigenvalue weighted by Crippen LogP contribution is 2.35. The van der Waals surface area contributed by atoms with Crippen LogP contribution in [0.1, 0.15) is 30.3 Å². The van der Waals surface area contributed by atoms with Crippen molar-refractivity contribution >= 4 is 0 Å². The summed E-state index contributed by atoms with van der Waals surface area (Å²) in [5.74, 6) is 1.23. The van der Waals surface area contributed by atoms with E-state index in [1.54, 1.807) is 12.1 Å². The van der Waals surface area contributed by atoms with Crippen molar-refractivity contribution in [2.45, 2.75) is 31.7 Å². The van der Waals surface area contributed by atoms with Gasteiger partial charge in [0.2, 0.25) is 0 Å². The molecule has 1 saturated carbocycles. The van der Waals surface area contributed by atoms with Crippen molar-refractivity contribution in [3.63, 3.8) is 0 Å². The molecule has 94 valence electrons. The summed E-state index contributed by atoms with van der Waals surface area (Å²) < 4.78 is 12.9. The van der Waals surface area contributed by atoms with E-state index in [9.17, 15) is 4.39 Å². The van der Waals surface area contributed by atoms with E-state index in [0.29, 0.717) is 12.0 Å². The van der Waals surface area contributed by atoms with Gasteiger partial charge in [0.25, 0.3) is 0 Å². The summed E-state index contributed by atoms with van der Waals surface area (Å²) in [5.41, 5.74) is 8.67. The van der Waals surface area contributed by atoms with Gasteiger partial charge in [-0.25, -0.2) is 9.37 Å². The second-order valence-corrected chi connectivity index (χ2v) is 5.03. The molecule has 0 spiro atoms. The maximum absolute atomic E-state index is 12.9. The van der Waals surface area contributed by atoms with E-state index < -0.39 is 0 Å². The summed E-state index contributed by atoms with van der Waals surface area (Å²) in [6.07, 6.45) is 1.99. The van der Waals surface area contributed by atoms with Gasteiger partial charge in [-0.1, -0.05) is 0 Å². The first kappa shape index (κ1) is 11.4. The number of halogens is 1. The Hall–Kier alpha value is -1.68. The minimum atomic E-state index is -0.225. The van der Waals surface area contributed by atoms with E-state index in [2.05, 4.69) is 9.97 Å².